The first-order valence-electron chi connectivity index (χ1n) is 4.55. The molecule has 70 valence electrons. The second-order valence-electron chi connectivity index (χ2n) is 3.34. The maximum absolute atomic E-state index is 8.81. The van der Waals surface area contributed by atoms with E-state index in [1.807, 2.05) is 19.1 Å². The first kappa shape index (κ1) is 10.0. The lowest BCUT2D eigenvalue weighted by molar-refractivity contribution is 0.331. The maximum Gasteiger partial charge on any atom is 0.0639 e. The second kappa shape index (κ2) is 4.83. The molecule has 1 heteroatoms. The normalized spacial score (nSPS) is 11.8. The number of benzene rings is 1. The number of allylic oxidation sites excluding steroid dienone is 1. The van der Waals surface area contributed by atoms with Crippen LogP contribution in [0.5, 0.6) is 0 Å². The molecule has 0 bridgehead atoms. The van der Waals surface area contributed by atoms with Crippen molar-refractivity contribution in [1.29, 1.82) is 0 Å². The summed E-state index contributed by atoms with van der Waals surface area (Å²) < 4.78 is 0. The van der Waals surface area contributed by atoms with Gasteiger partial charge in [0.05, 0.1) is 6.61 Å². The third-order valence-corrected chi connectivity index (χ3v) is 2.18. The molecule has 0 saturated carbocycles. The predicted molar refractivity (Wildman–Crippen MR) is 55.7 cm³/mol. The zero-order valence-electron chi connectivity index (χ0n) is 8.25. The fraction of sp³-hybridized carbons (Fsp3) is 0.333. The Morgan fingerprint density at radius 1 is 1.38 bits per heavy atom. The van der Waals surface area contributed by atoms with Crippen LogP contribution in [0.15, 0.2) is 35.9 Å². The number of hydrogen-bond donors (Lipinski definition) is 1. The predicted octanol–water partition coefficient (Wildman–Crippen LogP) is 2.48. The standard InChI is InChI=1S/C12H16O/c1-10(9-13)7-8-12-6-4-3-5-11(12)2/h3-7,13H,8-9H2,1-2H3/b10-7+. The van der Waals surface area contributed by atoms with Crippen LogP contribution in [0.1, 0.15) is 18.1 Å². The van der Waals surface area contributed by atoms with E-state index >= 15 is 0 Å². The van der Waals surface area contributed by atoms with Crippen LogP contribution in [0.4, 0.5) is 0 Å². The van der Waals surface area contributed by atoms with Crippen molar-refractivity contribution in [3.8, 4) is 0 Å². The Bertz CT molecular complexity index is 300. The molecule has 0 radical (unpaired) electrons. The molecular weight excluding hydrogens is 160 g/mol. The van der Waals surface area contributed by atoms with Gasteiger partial charge in [-0.2, -0.15) is 0 Å². The van der Waals surface area contributed by atoms with Crippen molar-refractivity contribution in [3.05, 3.63) is 47.0 Å². The van der Waals surface area contributed by atoms with Crippen LogP contribution in [-0.2, 0) is 6.42 Å². The zero-order chi connectivity index (χ0) is 9.68. The molecule has 0 fully saturated rings. The van der Waals surface area contributed by atoms with E-state index in [2.05, 4.69) is 25.1 Å². The molecule has 0 saturated heterocycles. The number of rotatable bonds is 3. The van der Waals surface area contributed by atoms with Gasteiger partial charge in [-0.1, -0.05) is 35.9 Å². The molecular formula is C12H16O. The number of hydrogen-bond acceptors (Lipinski definition) is 1. The van der Waals surface area contributed by atoms with E-state index < -0.39 is 0 Å². The van der Waals surface area contributed by atoms with Gasteiger partial charge in [-0.3, -0.25) is 0 Å². The second-order valence-corrected chi connectivity index (χ2v) is 3.34. The Labute approximate surface area is 79.7 Å². The van der Waals surface area contributed by atoms with Crippen molar-refractivity contribution in [3.63, 3.8) is 0 Å². The molecule has 0 aliphatic heterocycles. The van der Waals surface area contributed by atoms with Crippen LogP contribution in [0, 0.1) is 6.92 Å². The summed E-state index contributed by atoms with van der Waals surface area (Å²) >= 11 is 0. The summed E-state index contributed by atoms with van der Waals surface area (Å²) in [6, 6.07) is 8.32. The quantitative estimate of drug-likeness (QED) is 0.701. The monoisotopic (exact) mass is 176 g/mol. The first-order valence-corrected chi connectivity index (χ1v) is 4.55. The lowest BCUT2D eigenvalue weighted by Gasteiger charge is -2.02. The highest BCUT2D eigenvalue weighted by atomic mass is 16.3. The third-order valence-electron chi connectivity index (χ3n) is 2.18. The van der Waals surface area contributed by atoms with Crippen LogP contribution >= 0.6 is 0 Å². The van der Waals surface area contributed by atoms with E-state index in [4.69, 9.17) is 5.11 Å². The molecule has 0 atom stereocenters. The number of aliphatic hydroxyl groups is 1. The SMILES string of the molecule is C/C(=C\Cc1ccccc1C)CO. The third kappa shape index (κ3) is 3.03. The van der Waals surface area contributed by atoms with Crippen LogP contribution < -0.4 is 0 Å². The highest BCUT2D eigenvalue weighted by molar-refractivity contribution is 5.27. The van der Waals surface area contributed by atoms with Gasteiger partial charge >= 0.3 is 0 Å². The average Bonchev–Trinajstić information content (AvgIpc) is 2.16. The van der Waals surface area contributed by atoms with Gasteiger partial charge in [0.25, 0.3) is 0 Å². The molecule has 0 aromatic heterocycles. The summed E-state index contributed by atoms with van der Waals surface area (Å²) in [5.41, 5.74) is 3.67. The van der Waals surface area contributed by atoms with Gasteiger partial charge < -0.3 is 5.11 Å². The van der Waals surface area contributed by atoms with Crippen LogP contribution in [0.2, 0.25) is 0 Å². The van der Waals surface area contributed by atoms with Crippen LogP contribution in [-0.4, -0.2) is 11.7 Å². The molecule has 0 amide bonds. The van der Waals surface area contributed by atoms with Crippen molar-refractivity contribution in [1.82, 2.24) is 0 Å². The van der Waals surface area contributed by atoms with Gasteiger partial charge in [0.2, 0.25) is 0 Å². The molecule has 1 nitrogen and oxygen atoms in total. The zero-order valence-corrected chi connectivity index (χ0v) is 8.25. The molecule has 0 aliphatic carbocycles. The largest absolute Gasteiger partial charge is 0.392 e. The molecule has 0 unspecified atom stereocenters. The van der Waals surface area contributed by atoms with Gasteiger partial charge in [-0.15, -0.1) is 0 Å². The molecule has 0 spiro atoms. The summed E-state index contributed by atoms with van der Waals surface area (Å²) in [7, 11) is 0. The fourth-order valence-corrected chi connectivity index (χ4v) is 1.19. The summed E-state index contributed by atoms with van der Waals surface area (Å²) in [6.07, 6.45) is 2.99. The first-order chi connectivity index (χ1) is 6.24. The van der Waals surface area contributed by atoms with Gasteiger partial charge in [0.1, 0.15) is 0 Å². The van der Waals surface area contributed by atoms with Gasteiger partial charge in [0.15, 0.2) is 0 Å². The van der Waals surface area contributed by atoms with E-state index in [1.165, 1.54) is 11.1 Å². The maximum atomic E-state index is 8.81. The highest BCUT2D eigenvalue weighted by Crippen LogP contribution is 2.09. The van der Waals surface area contributed by atoms with Gasteiger partial charge in [0, 0.05) is 0 Å². The molecule has 1 rings (SSSR count). The van der Waals surface area contributed by atoms with Gasteiger partial charge in [-0.25, -0.2) is 0 Å². The Morgan fingerprint density at radius 2 is 2.08 bits per heavy atom. The lowest BCUT2D eigenvalue weighted by Crippen LogP contribution is -1.89. The Hall–Kier alpha value is -1.08. The summed E-state index contributed by atoms with van der Waals surface area (Å²) in [4.78, 5) is 0. The Kier molecular flexibility index (Phi) is 3.71. The van der Waals surface area contributed by atoms with E-state index in [1.54, 1.807) is 0 Å². The minimum Gasteiger partial charge on any atom is -0.392 e. The summed E-state index contributed by atoms with van der Waals surface area (Å²) in [5, 5.41) is 8.81. The molecule has 0 aliphatic rings. The minimum absolute atomic E-state index is 0.159. The Morgan fingerprint density at radius 3 is 2.69 bits per heavy atom. The van der Waals surface area contributed by atoms with Crippen LogP contribution in [0.3, 0.4) is 0 Å². The molecule has 1 aromatic rings. The highest BCUT2D eigenvalue weighted by Gasteiger charge is 1.94. The van der Waals surface area contributed by atoms with E-state index in [9.17, 15) is 0 Å². The number of aliphatic hydroxyl groups excluding tert-OH is 1. The molecule has 0 heterocycles. The van der Waals surface area contributed by atoms with E-state index in [-0.39, 0.29) is 6.61 Å². The van der Waals surface area contributed by atoms with Gasteiger partial charge in [-0.05, 0) is 31.4 Å². The van der Waals surface area contributed by atoms with Crippen LogP contribution in [0.25, 0.3) is 0 Å². The smallest absolute Gasteiger partial charge is 0.0639 e. The van der Waals surface area contributed by atoms with Crippen molar-refractivity contribution in [2.75, 3.05) is 6.61 Å². The molecule has 13 heavy (non-hydrogen) atoms. The van der Waals surface area contributed by atoms with Crippen molar-refractivity contribution >= 4 is 0 Å². The van der Waals surface area contributed by atoms with Crippen molar-refractivity contribution < 1.29 is 5.11 Å². The van der Waals surface area contributed by atoms with E-state index in [0.29, 0.717) is 0 Å². The van der Waals surface area contributed by atoms with Crippen molar-refractivity contribution in [2.24, 2.45) is 0 Å². The van der Waals surface area contributed by atoms with Crippen molar-refractivity contribution in [2.45, 2.75) is 20.3 Å². The average molecular weight is 176 g/mol. The topological polar surface area (TPSA) is 20.2 Å². The Balaban J connectivity index is 2.70. The lowest BCUT2D eigenvalue weighted by atomic mass is 10.0. The number of aryl methyl sites for hydroxylation is 1. The summed E-state index contributed by atoms with van der Waals surface area (Å²) in [5.74, 6) is 0. The van der Waals surface area contributed by atoms with E-state index in [0.717, 1.165) is 12.0 Å². The molecule has 1 N–H and O–H groups in total. The summed E-state index contributed by atoms with van der Waals surface area (Å²) in [6.45, 7) is 4.21. The fourth-order valence-electron chi connectivity index (χ4n) is 1.19. The minimum atomic E-state index is 0.159. The molecule has 1 aromatic carbocycles.